The van der Waals surface area contributed by atoms with Crippen molar-refractivity contribution in [2.24, 2.45) is 0 Å². The van der Waals surface area contributed by atoms with Gasteiger partial charge < -0.3 is 14.4 Å². The SMILES string of the molecule is CCOC(=O)CN(Cc1ccc(C)cc1)C(=O)c1cccnc1OC. The van der Waals surface area contributed by atoms with E-state index >= 15 is 0 Å². The van der Waals surface area contributed by atoms with Crippen molar-refractivity contribution in [1.29, 1.82) is 0 Å². The third kappa shape index (κ3) is 5.04. The Bertz CT molecular complexity index is 728. The van der Waals surface area contributed by atoms with Crippen LogP contribution in [0.5, 0.6) is 5.88 Å². The molecule has 0 aliphatic rings. The van der Waals surface area contributed by atoms with Crippen LogP contribution in [0.25, 0.3) is 0 Å². The molecule has 0 unspecified atom stereocenters. The van der Waals surface area contributed by atoms with E-state index in [2.05, 4.69) is 4.98 Å². The van der Waals surface area contributed by atoms with Crippen LogP contribution in [-0.4, -0.2) is 42.0 Å². The molecule has 25 heavy (non-hydrogen) atoms. The number of pyridine rings is 1. The van der Waals surface area contributed by atoms with Crippen molar-refractivity contribution >= 4 is 11.9 Å². The van der Waals surface area contributed by atoms with Gasteiger partial charge in [0.2, 0.25) is 5.88 Å². The molecule has 0 aliphatic heterocycles. The molecule has 1 heterocycles. The molecule has 0 radical (unpaired) electrons. The number of amides is 1. The second-order valence-electron chi connectivity index (χ2n) is 5.51. The van der Waals surface area contributed by atoms with E-state index in [4.69, 9.17) is 9.47 Å². The first kappa shape index (κ1) is 18.4. The maximum absolute atomic E-state index is 12.9. The number of benzene rings is 1. The molecule has 132 valence electrons. The predicted octanol–water partition coefficient (Wildman–Crippen LogP) is 2.60. The van der Waals surface area contributed by atoms with Crippen molar-refractivity contribution < 1.29 is 19.1 Å². The number of aryl methyl sites for hydroxylation is 1. The molecule has 0 fully saturated rings. The largest absolute Gasteiger partial charge is 0.480 e. The van der Waals surface area contributed by atoms with Crippen LogP contribution in [-0.2, 0) is 16.1 Å². The number of esters is 1. The Morgan fingerprint density at radius 1 is 1.16 bits per heavy atom. The molecule has 0 atom stereocenters. The van der Waals surface area contributed by atoms with Gasteiger partial charge >= 0.3 is 5.97 Å². The summed E-state index contributed by atoms with van der Waals surface area (Å²) >= 11 is 0. The van der Waals surface area contributed by atoms with Crippen LogP contribution in [0.3, 0.4) is 0 Å². The summed E-state index contributed by atoms with van der Waals surface area (Å²) in [5, 5.41) is 0. The van der Waals surface area contributed by atoms with Gasteiger partial charge in [-0.3, -0.25) is 9.59 Å². The number of aromatic nitrogens is 1. The molecule has 0 N–H and O–H groups in total. The highest BCUT2D eigenvalue weighted by Gasteiger charge is 2.23. The van der Waals surface area contributed by atoms with Crippen LogP contribution >= 0.6 is 0 Å². The summed E-state index contributed by atoms with van der Waals surface area (Å²) in [6, 6.07) is 11.1. The van der Waals surface area contributed by atoms with Gasteiger partial charge in [-0.1, -0.05) is 29.8 Å². The van der Waals surface area contributed by atoms with Crippen LogP contribution in [0.2, 0.25) is 0 Å². The number of methoxy groups -OCH3 is 1. The first-order valence-electron chi connectivity index (χ1n) is 8.04. The van der Waals surface area contributed by atoms with Gasteiger partial charge in [0, 0.05) is 12.7 Å². The summed E-state index contributed by atoms with van der Waals surface area (Å²) in [7, 11) is 1.45. The van der Waals surface area contributed by atoms with Gasteiger partial charge in [-0.2, -0.15) is 0 Å². The second kappa shape index (κ2) is 8.82. The van der Waals surface area contributed by atoms with Crippen LogP contribution in [0, 0.1) is 6.92 Å². The van der Waals surface area contributed by atoms with E-state index in [0.29, 0.717) is 5.56 Å². The highest BCUT2D eigenvalue weighted by molar-refractivity contribution is 5.97. The van der Waals surface area contributed by atoms with Crippen LogP contribution < -0.4 is 4.74 Å². The van der Waals surface area contributed by atoms with Crippen molar-refractivity contribution in [2.45, 2.75) is 20.4 Å². The van der Waals surface area contributed by atoms with Crippen molar-refractivity contribution in [3.8, 4) is 5.88 Å². The van der Waals surface area contributed by atoms with Gasteiger partial charge in [0.05, 0.1) is 13.7 Å². The van der Waals surface area contributed by atoms with E-state index < -0.39 is 5.97 Å². The summed E-state index contributed by atoms with van der Waals surface area (Å²) in [6.07, 6.45) is 1.55. The van der Waals surface area contributed by atoms with Gasteiger partial charge in [-0.05, 0) is 31.5 Å². The van der Waals surface area contributed by atoms with E-state index in [1.54, 1.807) is 25.3 Å². The van der Waals surface area contributed by atoms with Crippen LogP contribution in [0.4, 0.5) is 0 Å². The fourth-order valence-corrected chi connectivity index (χ4v) is 2.36. The smallest absolute Gasteiger partial charge is 0.325 e. The molecule has 2 aromatic rings. The standard InChI is InChI=1S/C19H22N2O4/c1-4-25-17(22)13-21(12-15-9-7-14(2)8-10-15)19(23)16-6-5-11-20-18(16)24-3/h5-11H,4,12-13H2,1-3H3. The molecule has 1 aromatic heterocycles. The Morgan fingerprint density at radius 2 is 1.88 bits per heavy atom. The number of carbonyl (C=O) groups excluding carboxylic acids is 2. The van der Waals surface area contributed by atoms with Crippen molar-refractivity contribution in [1.82, 2.24) is 9.88 Å². The number of carbonyl (C=O) groups is 2. The highest BCUT2D eigenvalue weighted by atomic mass is 16.5. The van der Waals surface area contributed by atoms with E-state index in [-0.39, 0.29) is 31.5 Å². The van der Waals surface area contributed by atoms with E-state index in [9.17, 15) is 9.59 Å². The van der Waals surface area contributed by atoms with Gasteiger partial charge in [0.25, 0.3) is 5.91 Å². The van der Waals surface area contributed by atoms with Crippen LogP contribution in [0.15, 0.2) is 42.6 Å². The lowest BCUT2D eigenvalue weighted by atomic mass is 10.1. The molecule has 0 aliphatic carbocycles. The monoisotopic (exact) mass is 342 g/mol. The zero-order valence-corrected chi connectivity index (χ0v) is 14.7. The fourth-order valence-electron chi connectivity index (χ4n) is 2.36. The molecule has 0 saturated carbocycles. The Hall–Kier alpha value is -2.89. The molecular formula is C19H22N2O4. The quantitative estimate of drug-likeness (QED) is 0.724. The van der Waals surface area contributed by atoms with Crippen molar-refractivity contribution in [3.05, 3.63) is 59.3 Å². The molecule has 6 heteroatoms. The fraction of sp³-hybridized carbons (Fsp3) is 0.316. The first-order chi connectivity index (χ1) is 12.0. The Morgan fingerprint density at radius 3 is 2.52 bits per heavy atom. The molecule has 1 amide bonds. The van der Waals surface area contributed by atoms with Gasteiger partial charge in [0.15, 0.2) is 0 Å². The average molecular weight is 342 g/mol. The lowest BCUT2D eigenvalue weighted by molar-refractivity contribution is -0.143. The zero-order valence-electron chi connectivity index (χ0n) is 14.7. The lowest BCUT2D eigenvalue weighted by Crippen LogP contribution is -2.36. The summed E-state index contributed by atoms with van der Waals surface area (Å²) in [5.41, 5.74) is 2.36. The third-order valence-electron chi connectivity index (χ3n) is 3.60. The summed E-state index contributed by atoms with van der Waals surface area (Å²) in [5.74, 6) is -0.560. The van der Waals surface area contributed by atoms with Gasteiger partial charge in [-0.25, -0.2) is 4.98 Å². The maximum Gasteiger partial charge on any atom is 0.325 e. The van der Waals surface area contributed by atoms with Gasteiger partial charge in [-0.15, -0.1) is 0 Å². The van der Waals surface area contributed by atoms with E-state index in [0.717, 1.165) is 11.1 Å². The second-order valence-corrected chi connectivity index (χ2v) is 5.51. The topological polar surface area (TPSA) is 68.7 Å². The molecular weight excluding hydrogens is 320 g/mol. The molecule has 0 saturated heterocycles. The average Bonchev–Trinajstić information content (AvgIpc) is 2.62. The minimum atomic E-state index is -0.453. The van der Waals surface area contributed by atoms with E-state index in [1.165, 1.54) is 12.0 Å². The van der Waals surface area contributed by atoms with Crippen LogP contribution in [0.1, 0.15) is 28.4 Å². The van der Waals surface area contributed by atoms with Crippen molar-refractivity contribution in [2.75, 3.05) is 20.3 Å². The number of hydrogen-bond donors (Lipinski definition) is 0. The predicted molar refractivity (Wildman–Crippen MR) is 93.3 cm³/mol. The molecule has 6 nitrogen and oxygen atoms in total. The first-order valence-corrected chi connectivity index (χ1v) is 8.04. The Labute approximate surface area is 147 Å². The summed E-state index contributed by atoms with van der Waals surface area (Å²) < 4.78 is 10.2. The number of nitrogens with zero attached hydrogens (tertiary/aromatic N) is 2. The number of rotatable bonds is 7. The molecule has 0 bridgehead atoms. The maximum atomic E-state index is 12.9. The molecule has 1 aromatic carbocycles. The van der Waals surface area contributed by atoms with E-state index in [1.807, 2.05) is 31.2 Å². The Balaban J connectivity index is 2.27. The summed E-state index contributed by atoms with van der Waals surface area (Å²) in [4.78, 5) is 30.3. The minimum Gasteiger partial charge on any atom is -0.480 e. The minimum absolute atomic E-state index is 0.140. The lowest BCUT2D eigenvalue weighted by Gasteiger charge is -2.22. The zero-order chi connectivity index (χ0) is 18.2. The molecule has 0 spiro atoms. The normalized spacial score (nSPS) is 10.2. The number of hydrogen-bond acceptors (Lipinski definition) is 5. The summed E-state index contributed by atoms with van der Waals surface area (Å²) in [6.45, 7) is 4.14. The molecule has 2 rings (SSSR count). The highest BCUT2D eigenvalue weighted by Crippen LogP contribution is 2.18. The Kier molecular flexibility index (Phi) is 6.51. The van der Waals surface area contributed by atoms with Crippen molar-refractivity contribution in [3.63, 3.8) is 0 Å². The van der Waals surface area contributed by atoms with Gasteiger partial charge in [0.1, 0.15) is 12.1 Å². The number of ether oxygens (including phenoxy) is 2. The third-order valence-corrected chi connectivity index (χ3v) is 3.60.